The van der Waals surface area contributed by atoms with Crippen molar-refractivity contribution in [2.75, 3.05) is 44.7 Å². The monoisotopic (exact) mass is 298 g/mol. The Hall–Kier alpha value is -0.580. The fraction of sp³-hybridized carbons (Fsp3) is 0.538. The molecule has 0 radical (unpaired) electrons. The van der Waals surface area contributed by atoms with Crippen molar-refractivity contribution < 1.29 is 4.74 Å². The van der Waals surface area contributed by atoms with Gasteiger partial charge < -0.3 is 10.1 Å². The molecule has 0 bridgehead atoms. The van der Waals surface area contributed by atoms with Gasteiger partial charge in [0.25, 0.3) is 0 Å². The van der Waals surface area contributed by atoms with Crippen molar-refractivity contribution in [2.24, 2.45) is 0 Å². The van der Waals surface area contributed by atoms with Crippen molar-refractivity contribution in [2.45, 2.75) is 6.42 Å². The molecule has 1 aromatic rings. The third-order valence-corrected chi connectivity index (χ3v) is 3.62. The quantitative estimate of drug-likeness (QED) is 0.925. The summed E-state index contributed by atoms with van der Waals surface area (Å²) in [5.74, 6) is 0. The lowest BCUT2D eigenvalue weighted by molar-refractivity contribution is 0.142. The highest BCUT2D eigenvalue weighted by atomic mass is 79.9. The topological polar surface area (TPSA) is 24.5 Å². The fourth-order valence-corrected chi connectivity index (χ4v) is 2.40. The minimum absolute atomic E-state index is 0.870. The normalized spacial score (nSPS) is 17.7. The van der Waals surface area contributed by atoms with Crippen molar-refractivity contribution in [1.82, 2.24) is 4.90 Å². The summed E-state index contributed by atoms with van der Waals surface area (Å²) in [6, 6.07) is 8.23. The first-order valence-electron chi connectivity index (χ1n) is 6.15. The number of halogens is 1. The van der Waals surface area contributed by atoms with Crippen molar-refractivity contribution in [3.8, 4) is 0 Å². The van der Waals surface area contributed by atoms with Crippen molar-refractivity contribution >= 4 is 21.6 Å². The van der Waals surface area contributed by atoms with Gasteiger partial charge >= 0.3 is 0 Å². The summed E-state index contributed by atoms with van der Waals surface area (Å²) in [4.78, 5) is 2.46. The molecule has 1 fully saturated rings. The summed E-state index contributed by atoms with van der Waals surface area (Å²) in [6.45, 7) is 6.03. The highest BCUT2D eigenvalue weighted by Gasteiger charge is 2.08. The second-order valence-corrected chi connectivity index (χ2v) is 5.07. The Morgan fingerprint density at radius 2 is 2.12 bits per heavy atom. The van der Waals surface area contributed by atoms with E-state index < -0.39 is 0 Å². The van der Waals surface area contributed by atoms with Gasteiger partial charge in [0.05, 0.1) is 6.61 Å². The van der Waals surface area contributed by atoms with E-state index in [4.69, 9.17) is 4.74 Å². The number of para-hydroxylation sites is 1. The number of rotatable bonds is 4. The molecular weight excluding hydrogens is 280 g/mol. The van der Waals surface area contributed by atoms with E-state index in [1.165, 1.54) is 5.69 Å². The van der Waals surface area contributed by atoms with Gasteiger partial charge in [0.15, 0.2) is 0 Å². The van der Waals surface area contributed by atoms with Crippen LogP contribution in [-0.4, -0.2) is 44.3 Å². The van der Waals surface area contributed by atoms with Gasteiger partial charge in [-0.15, -0.1) is 0 Å². The number of hydrogen-bond donors (Lipinski definition) is 1. The molecule has 3 nitrogen and oxygen atoms in total. The SMILES string of the molecule is Brc1ccccc1NCCN1CCCOCC1. The average Bonchev–Trinajstić information content (AvgIpc) is 2.60. The van der Waals surface area contributed by atoms with Gasteiger partial charge in [0.2, 0.25) is 0 Å². The third kappa shape index (κ3) is 4.30. The summed E-state index contributed by atoms with van der Waals surface area (Å²) in [6.07, 6.45) is 1.15. The number of nitrogens with one attached hydrogen (secondary N) is 1. The maximum absolute atomic E-state index is 5.44. The van der Waals surface area contributed by atoms with Crippen molar-refractivity contribution in [3.05, 3.63) is 28.7 Å². The van der Waals surface area contributed by atoms with E-state index in [9.17, 15) is 0 Å². The lowest BCUT2D eigenvalue weighted by Gasteiger charge is -2.19. The molecule has 4 heteroatoms. The number of hydrogen-bond acceptors (Lipinski definition) is 3. The van der Waals surface area contributed by atoms with Crippen LogP contribution in [0.5, 0.6) is 0 Å². The zero-order valence-electron chi connectivity index (χ0n) is 9.99. The first-order valence-corrected chi connectivity index (χ1v) is 6.94. The Morgan fingerprint density at radius 3 is 3.00 bits per heavy atom. The van der Waals surface area contributed by atoms with E-state index in [1.807, 2.05) is 12.1 Å². The van der Waals surface area contributed by atoms with Crippen LogP contribution in [0, 0.1) is 0 Å². The van der Waals surface area contributed by atoms with E-state index in [2.05, 4.69) is 38.3 Å². The molecule has 1 heterocycles. The molecule has 0 aromatic heterocycles. The molecule has 1 N–H and O–H groups in total. The summed E-state index contributed by atoms with van der Waals surface area (Å²) in [7, 11) is 0. The second-order valence-electron chi connectivity index (χ2n) is 4.21. The zero-order chi connectivity index (χ0) is 11.9. The van der Waals surface area contributed by atoms with Crippen LogP contribution in [-0.2, 0) is 4.74 Å². The second kappa shape index (κ2) is 6.99. The fourth-order valence-electron chi connectivity index (χ4n) is 1.97. The van der Waals surface area contributed by atoms with E-state index in [-0.39, 0.29) is 0 Å². The molecule has 1 aromatic carbocycles. The molecule has 0 aliphatic carbocycles. The van der Waals surface area contributed by atoms with Crippen LogP contribution in [0.3, 0.4) is 0 Å². The van der Waals surface area contributed by atoms with E-state index in [0.717, 1.165) is 50.3 Å². The minimum Gasteiger partial charge on any atom is -0.383 e. The molecule has 0 atom stereocenters. The lowest BCUT2D eigenvalue weighted by atomic mass is 10.3. The van der Waals surface area contributed by atoms with Gasteiger partial charge in [0, 0.05) is 42.9 Å². The van der Waals surface area contributed by atoms with Crippen LogP contribution in [0.1, 0.15) is 6.42 Å². The molecule has 0 spiro atoms. The first-order chi connectivity index (χ1) is 8.36. The summed E-state index contributed by atoms with van der Waals surface area (Å²) in [5, 5.41) is 3.45. The van der Waals surface area contributed by atoms with Gasteiger partial charge in [-0.1, -0.05) is 12.1 Å². The highest BCUT2D eigenvalue weighted by Crippen LogP contribution is 2.20. The van der Waals surface area contributed by atoms with Gasteiger partial charge in [-0.2, -0.15) is 0 Å². The summed E-state index contributed by atoms with van der Waals surface area (Å²) >= 11 is 3.54. The predicted octanol–water partition coefficient (Wildman–Crippen LogP) is 2.58. The Balaban J connectivity index is 1.73. The maximum atomic E-state index is 5.44. The molecule has 1 saturated heterocycles. The number of nitrogens with zero attached hydrogens (tertiary/aromatic N) is 1. The van der Waals surface area contributed by atoms with Crippen LogP contribution in [0.4, 0.5) is 5.69 Å². The molecular formula is C13H19BrN2O. The molecule has 1 aliphatic heterocycles. The Labute approximate surface area is 111 Å². The molecule has 2 rings (SSSR count). The maximum Gasteiger partial charge on any atom is 0.0593 e. The van der Waals surface area contributed by atoms with Crippen LogP contribution in [0.25, 0.3) is 0 Å². The summed E-state index contributed by atoms with van der Waals surface area (Å²) < 4.78 is 6.56. The van der Waals surface area contributed by atoms with E-state index in [0.29, 0.717) is 0 Å². The minimum atomic E-state index is 0.870. The molecule has 1 aliphatic rings. The van der Waals surface area contributed by atoms with Gasteiger partial charge in [-0.05, 0) is 34.5 Å². The van der Waals surface area contributed by atoms with Gasteiger partial charge in [0.1, 0.15) is 0 Å². The smallest absolute Gasteiger partial charge is 0.0593 e. The number of ether oxygens (including phenoxy) is 1. The highest BCUT2D eigenvalue weighted by molar-refractivity contribution is 9.10. The predicted molar refractivity (Wildman–Crippen MR) is 74.5 cm³/mol. The van der Waals surface area contributed by atoms with Gasteiger partial charge in [-0.25, -0.2) is 0 Å². The van der Waals surface area contributed by atoms with E-state index in [1.54, 1.807) is 0 Å². The van der Waals surface area contributed by atoms with Crippen LogP contribution < -0.4 is 5.32 Å². The molecule has 0 saturated carbocycles. The molecule has 0 amide bonds. The Kier molecular flexibility index (Phi) is 5.29. The van der Waals surface area contributed by atoms with Crippen LogP contribution >= 0.6 is 15.9 Å². The van der Waals surface area contributed by atoms with Crippen LogP contribution in [0.2, 0.25) is 0 Å². The van der Waals surface area contributed by atoms with Gasteiger partial charge in [-0.3, -0.25) is 4.90 Å². The van der Waals surface area contributed by atoms with Crippen molar-refractivity contribution in [1.29, 1.82) is 0 Å². The number of anilines is 1. The van der Waals surface area contributed by atoms with Crippen LogP contribution in [0.15, 0.2) is 28.7 Å². The third-order valence-electron chi connectivity index (χ3n) is 2.93. The standard InChI is InChI=1S/C13H19BrN2O/c14-12-4-1-2-5-13(12)15-6-8-16-7-3-10-17-11-9-16/h1-2,4-5,15H,3,6-11H2. The zero-order valence-corrected chi connectivity index (χ0v) is 11.6. The number of benzene rings is 1. The first kappa shape index (κ1) is 12.9. The molecule has 0 unspecified atom stereocenters. The Bertz CT molecular complexity index is 338. The average molecular weight is 299 g/mol. The molecule has 17 heavy (non-hydrogen) atoms. The van der Waals surface area contributed by atoms with E-state index >= 15 is 0 Å². The largest absolute Gasteiger partial charge is 0.383 e. The molecule has 94 valence electrons. The van der Waals surface area contributed by atoms with Crippen molar-refractivity contribution in [3.63, 3.8) is 0 Å². The summed E-state index contributed by atoms with van der Waals surface area (Å²) in [5.41, 5.74) is 1.17. The lowest BCUT2D eigenvalue weighted by Crippen LogP contribution is -2.31. The Morgan fingerprint density at radius 1 is 1.24 bits per heavy atom.